The topological polar surface area (TPSA) is 74.2 Å². The van der Waals surface area contributed by atoms with Crippen molar-refractivity contribution in [3.63, 3.8) is 0 Å². The van der Waals surface area contributed by atoms with Crippen LogP contribution in [0.1, 0.15) is 29.8 Å². The molecule has 0 radical (unpaired) electrons. The van der Waals surface area contributed by atoms with Crippen molar-refractivity contribution >= 4 is 11.6 Å². The second kappa shape index (κ2) is 10.5. The highest BCUT2D eigenvalue weighted by Gasteiger charge is 2.10. The molecule has 0 bridgehead atoms. The van der Waals surface area contributed by atoms with E-state index in [9.17, 15) is 9.90 Å². The van der Waals surface area contributed by atoms with Gasteiger partial charge in [0.2, 0.25) is 5.91 Å². The van der Waals surface area contributed by atoms with Crippen LogP contribution in [-0.2, 0) is 17.6 Å². The smallest absolute Gasteiger partial charge is 0.230 e. The van der Waals surface area contributed by atoms with Crippen LogP contribution in [0.5, 0.6) is 0 Å². The molecule has 2 atom stereocenters. The fraction of sp³-hybridized carbons (Fsp3) is 0.250. The molecule has 0 fully saturated rings. The molecule has 1 aromatic heterocycles. The zero-order valence-electron chi connectivity index (χ0n) is 16.6. The highest BCUT2D eigenvalue weighted by molar-refractivity contribution is 5.91. The molecule has 3 aromatic rings. The van der Waals surface area contributed by atoms with E-state index in [-0.39, 0.29) is 18.4 Å². The van der Waals surface area contributed by atoms with Gasteiger partial charge in [-0.25, -0.2) is 0 Å². The van der Waals surface area contributed by atoms with Gasteiger partial charge in [0.1, 0.15) is 0 Å². The standard InChI is InChI=1S/C24H27N3O2/c1-18(26-17-23(28)20-7-3-2-4-8-20)15-19-10-12-21(13-11-19)27-24(29)16-22-9-5-6-14-25-22/h2-14,18,23,26,28H,15-17H2,1H3,(H,27,29)/t18-,23-/m0/s1. The molecule has 3 rings (SSSR count). The van der Waals surface area contributed by atoms with Crippen LogP contribution in [0, 0.1) is 0 Å². The molecule has 150 valence electrons. The minimum absolute atomic E-state index is 0.0821. The summed E-state index contributed by atoms with van der Waals surface area (Å²) in [5, 5.41) is 16.5. The molecule has 0 saturated heterocycles. The lowest BCUT2D eigenvalue weighted by molar-refractivity contribution is -0.115. The first kappa shape index (κ1) is 20.7. The van der Waals surface area contributed by atoms with Gasteiger partial charge in [0.25, 0.3) is 0 Å². The number of hydrogen-bond acceptors (Lipinski definition) is 4. The number of nitrogens with one attached hydrogen (secondary N) is 2. The van der Waals surface area contributed by atoms with Crippen LogP contribution in [0.2, 0.25) is 0 Å². The van der Waals surface area contributed by atoms with Gasteiger partial charge in [0.05, 0.1) is 12.5 Å². The molecule has 0 aliphatic carbocycles. The summed E-state index contributed by atoms with van der Waals surface area (Å²) < 4.78 is 0. The number of rotatable bonds is 9. The van der Waals surface area contributed by atoms with Gasteiger partial charge in [-0.05, 0) is 48.7 Å². The van der Waals surface area contributed by atoms with Crippen LogP contribution in [0.25, 0.3) is 0 Å². The maximum Gasteiger partial charge on any atom is 0.230 e. The summed E-state index contributed by atoms with van der Waals surface area (Å²) in [6.45, 7) is 2.60. The van der Waals surface area contributed by atoms with E-state index < -0.39 is 6.10 Å². The van der Waals surface area contributed by atoms with E-state index >= 15 is 0 Å². The van der Waals surface area contributed by atoms with E-state index in [0.29, 0.717) is 6.54 Å². The fourth-order valence-corrected chi connectivity index (χ4v) is 3.13. The molecule has 2 aromatic carbocycles. The minimum Gasteiger partial charge on any atom is -0.387 e. The number of benzene rings is 2. The molecule has 1 amide bonds. The molecule has 29 heavy (non-hydrogen) atoms. The van der Waals surface area contributed by atoms with E-state index in [4.69, 9.17) is 0 Å². The summed E-state index contributed by atoms with van der Waals surface area (Å²) in [6.07, 6.45) is 2.26. The first-order chi connectivity index (χ1) is 14.1. The number of aliphatic hydroxyl groups excluding tert-OH is 1. The van der Waals surface area contributed by atoms with Crippen molar-refractivity contribution in [3.8, 4) is 0 Å². The maximum absolute atomic E-state index is 12.1. The van der Waals surface area contributed by atoms with Gasteiger partial charge in [0, 0.05) is 30.2 Å². The first-order valence-electron chi connectivity index (χ1n) is 9.85. The molecule has 0 spiro atoms. The lowest BCUT2D eigenvalue weighted by Gasteiger charge is -2.18. The second-order valence-electron chi connectivity index (χ2n) is 7.18. The van der Waals surface area contributed by atoms with Crippen LogP contribution in [0.15, 0.2) is 79.0 Å². The summed E-state index contributed by atoms with van der Waals surface area (Å²) in [4.78, 5) is 16.3. The number of anilines is 1. The predicted octanol–water partition coefficient (Wildman–Crippen LogP) is 3.52. The number of hydrogen-bond donors (Lipinski definition) is 3. The minimum atomic E-state index is -0.518. The number of carbonyl (C=O) groups is 1. The van der Waals surface area contributed by atoms with E-state index in [1.54, 1.807) is 6.20 Å². The van der Waals surface area contributed by atoms with Crippen molar-refractivity contribution in [2.75, 3.05) is 11.9 Å². The third-order valence-electron chi connectivity index (χ3n) is 4.69. The zero-order chi connectivity index (χ0) is 20.5. The van der Waals surface area contributed by atoms with E-state index in [2.05, 4.69) is 22.5 Å². The third-order valence-corrected chi connectivity index (χ3v) is 4.69. The second-order valence-corrected chi connectivity index (χ2v) is 7.18. The average Bonchev–Trinajstić information content (AvgIpc) is 2.75. The SMILES string of the molecule is C[C@@H](Cc1ccc(NC(=O)Cc2ccccn2)cc1)NC[C@H](O)c1ccccc1. The summed E-state index contributed by atoms with van der Waals surface area (Å²) >= 11 is 0. The molecule has 5 nitrogen and oxygen atoms in total. The summed E-state index contributed by atoms with van der Waals surface area (Å²) in [6, 6.07) is 23.3. The van der Waals surface area contributed by atoms with Crippen LogP contribution in [-0.4, -0.2) is 28.6 Å². The Morgan fingerprint density at radius 2 is 1.72 bits per heavy atom. The molecule has 0 aliphatic heterocycles. The number of carbonyl (C=O) groups excluding carboxylic acids is 1. The highest BCUT2D eigenvalue weighted by Crippen LogP contribution is 2.14. The van der Waals surface area contributed by atoms with Crippen LogP contribution >= 0.6 is 0 Å². The number of pyridine rings is 1. The van der Waals surface area contributed by atoms with Gasteiger partial charge in [0.15, 0.2) is 0 Å². The molecular formula is C24H27N3O2. The number of aromatic nitrogens is 1. The van der Waals surface area contributed by atoms with Gasteiger partial charge in [-0.1, -0.05) is 48.5 Å². The van der Waals surface area contributed by atoms with Gasteiger partial charge in [-0.2, -0.15) is 0 Å². The zero-order valence-corrected chi connectivity index (χ0v) is 16.6. The number of amides is 1. The van der Waals surface area contributed by atoms with Crippen molar-refractivity contribution in [1.82, 2.24) is 10.3 Å². The largest absolute Gasteiger partial charge is 0.387 e. The van der Waals surface area contributed by atoms with Gasteiger partial charge in [-0.15, -0.1) is 0 Å². The quantitative estimate of drug-likeness (QED) is 0.524. The normalized spacial score (nSPS) is 12.9. The summed E-state index contributed by atoms with van der Waals surface area (Å²) in [5.41, 5.74) is 3.61. The Morgan fingerprint density at radius 3 is 2.41 bits per heavy atom. The Bertz CT molecular complexity index is 883. The predicted molar refractivity (Wildman–Crippen MR) is 116 cm³/mol. The molecular weight excluding hydrogens is 362 g/mol. The highest BCUT2D eigenvalue weighted by atomic mass is 16.3. The van der Waals surface area contributed by atoms with Crippen LogP contribution < -0.4 is 10.6 Å². The van der Waals surface area contributed by atoms with Crippen molar-refractivity contribution < 1.29 is 9.90 Å². The van der Waals surface area contributed by atoms with Crippen LogP contribution in [0.4, 0.5) is 5.69 Å². The fourth-order valence-electron chi connectivity index (χ4n) is 3.13. The van der Waals surface area contributed by atoms with Gasteiger partial charge >= 0.3 is 0 Å². The van der Waals surface area contributed by atoms with E-state index in [1.165, 1.54) is 5.56 Å². The summed E-state index contributed by atoms with van der Waals surface area (Å²) in [5.74, 6) is -0.0821. The Labute approximate surface area is 171 Å². The van der Waals surface area contributed by atoms with E-state index in [0.717, 1.165) is 23.4 Å². The molecule has 5 heteroatoms. The van der Waals surface area contributed by atoms with Gasteiger partial charge < -0.3 is 15.7 Å². The monoisotopic (exact) mass is 389 g/mol. The number of nitrogens with zero attached hydrogens (tertiary/aromatic N) is 1. The van der Waals surface area contributed by atoms with Crippen LogP contribution in [0.3, 0.4) is 0 Å². The average molecular weight is 389 g/mol. The van der Waals surface area contributed by atoms with E-state index in [1.807, 2.05) is 72.8 Å². The molecule has 1 heterocycles. The van der Waals surface area contributed by atoms with Crippen molar-refractivity contribution in [1.29, 1.82) is 0 Å². The molecule has 0 saturated carbocycles. The molecule has 0 unspecified atom stereocenters. The Kier molecular flexibility index (Phi) is 7.50. The van der Waals surface area contributed by atoms with Crippen molar-refractivity contribution in [2.24, 2.45) is 0 Å². The Hall–Kier alpha value is -3.02. The Morgan fingerprint density at radius 1 is 1.00 bits per heavy atom. The number of aliphatic hydroxyl groups is 1. The summed E-state index contributed by atoms with van der Waals surface area (Å²) in [7, 11) is 0. The maximum atomic E-state index is 12.1. The van der Waals surface area contributed by atoms with Crippen molar-refractivity contribution in [2.45, 2.75) is 31.9 Å². The first-order valence-corrected chi connectivity index (χ1v) is 9.85. The lowest BCUT2D eigenvalue weighted by atomic mass is 10.1. The lowest BCUT2D eigenvalue weighted by Crippen LogP contribution is -2.32. The third kappa shape index (κ3) is 6.82. The van der Waals surface area contributed by atoms with Crippen molar-refractivity contribution in [3.05, 3.63) is 95.8 Å². The molecule has 0 aliphatic rings. The Balaban J connectivity index is 1.44. The van der Waals surface area contributed by atoms with Gasteiger partial charge in [-0.3, -0.25) is 9.78 Å². The molecule has 3 N–H and O–H groups in total.